The third kappa shape index (κ3) is 3.69. The highest BCUT2D eigenvalue weighted by atomic mass is 16.2. The van der Waals surface area contributed by atoms with Gasteiger partial charge in [-0.05, 0) is 36.6 Å². The van der Waals surface area contributed by atoms with Crippen LogP contribution >= 0.6 is 0 Å². The van der Waals surface area contributed by atoms with Crippen molar-refractivity contribution in [1.82, 2.24) is 9.88 Å². The predicted octanol–water partition coefficient (Wildman–Crippen LogP) is 4.35. The fourth-order valence-electron chi connectivity index (χ4n) is 3.11. The third-order valence-electron chi connectivity index (χ3n) is 4.52. The number of fused-ring (bicyclic) bond motifs is 1. The van der Waals surface area contributed by atoms with Crippen LogP contribution in [0.15, 0.2) is 48.5 Å². The summed E-state index contributed by atoms with van der Waals surface area (Å²) in [4.78, 5) is 24.3. The van der Waals surface area contributed by atoms with Crippen molar-refractivity contribution >= 4 is 22.6 Å². The molecular formula is C22H24N2O2. The number of aromatic nitrogens is 1. The van der Waals surface area contributed by atoms with Crippen LogP contribution in [-0.4, -0.2) is 22.8 Å². The quantitative estimate of drug-likeness (QED) is 0.674. The first kappa shape index (κ1) is 17.9. The largest absolute Gasteiger partial charge is 0.355 e. The van der Waals surface area contributed by atoms with E-state index in [1.807, 2.05) is 23.6 Å². The highest BCUT2D eigenvalue weighted by Crippen LogP contribution is 2.27. The summed E-state index contributed by atoms with van der Waals surface area (Å²) in [6.07, 6.45) is 0.884. The van der Waals surface area contributed by atoms with Gasteiger partial charge >= 0.3 is 0 Å². The zero-order valence-electron chi connectivity index (χ0n) is 15.5. The molecule has 2 aromatic carbocycles. The van der Waals surface area contributed by atoms with Crippen LogP contribution in [0.1, 0.15) is 36.3 Å². The number of amides is 1. The maximum absolute atomic E-state index is 12.2. The minimum Gasteiger partial charge on any atom is -0.355 e. The van der Waals surface area contributed by atoms with E-state index in [1.165, 1.54) is 12.5 Å². The third-order valence-corrected chi connectivity index (χ3v) is 4.52. The number of carbonyl (C=O) groups is 2. The fraction of sp³-hybridized carbons (Fsp3) is 0.273. The molecule has 0 unspecified atom stereocenters. The maximum atomic E-state index is 12.2. The van der Waals surface area contributed by atoms with E-state index in [2.05, 4.69) is 48.6 Å². The van der Waals surface area contributed by atoms with Crippen LogP contribution in [0.4, 0.5) is 0 Å². The summed E-state index contributed by atoms with van der Waals surface area (Å²) in [5.74, 6) is -0.117. The number of ketones is 1. The highest BCUT2D eigenvalue weighted by Gasteiger charge is 2.15. The zero-order valence-corrected chi connectivity index (χ0v) is 15.5. The van der Waals surface area contributed by atoms with Gasteiger partial charge in [0.2, 0.25) is 5.91 Å². The van der Waals surface area contributed by atoms with Crippen molar-refractivity contribution in [2.45, 2.75) is 33.7 Å². The van der Waals surface area contributed by atoms with Crippen molar-refractivity contribution in [1.29, 1.82) is 0 Å². The normalized spacial score (nSPS) is 10.9. The second-order valence-electron chi connectivity index (χ2n) is 6.66. The minimum atomic E-state index is -0.0763. The molecule has 134 valence electrons. The molecule has 0 bridgehead atoms. The van der Waals surface area contributed by atoms with Gasteiger partial charge in [-0.3, -0.25) is 9.59 Å². The number of nitrogens with zero attached hydrogens (tertiary/aromatic N) is 1. The molecule has 0 aliphatic rings. The van der Waals surface area contributed by atoms with Gasteiger partial charge in [0.25, 0.3) is 0 Å². The van der Waals surface area contributed by atoms with Crippen LogP contribution in [0.25, 0.3) is 22.0 Å². The highest BCUT2D eigenvalue weighted by molar-refractivity contribution is 6.00. The van der Waals surface area contributed by atoms with E-state index in [4.69, 9.17) is 0 Å². The molecule has 0 radical (unpaired) electrons. The molecule has 0 fully saturated rings. The number of benzene rings is 2. The molecule has 0 aliphatic carbocycles. The van der Waals surface area contributed by atoms with Crippen LogP contribution in [0.2, 0.25) is 0 Å². The molecule has 0 atom stereocenters. The Morgan fingerprint density at radius 2 is 1.69 bits per heavy atom. The summed E-state index contributed by atoms with van der Waals surface area (Å²) in [5, 5.41) is 3.85. The first-order valence-corrected chi connectivity index (χ1v) is 8.97. The predicted molar refractivity (Wildman–Crippen MR) is 105 cm³/mol. The Kier molecular flexibility index (Phi) is 5.21. The van der Waals surface area contributed by atoms with E-state index >= 15 is 0 Å². The van der Waals surface area contributed by atoms with Crippen molar-refractivity contribution in [2.24, 2.45) is 0 Å². The van der Waals surface area contributed by atoms with Crippen molar-refractivity contribution in [2.75, 3.05) is 6.54 Å². The maximum Gasteiger partial charge on any atom is 0.239 e. The molecule has 1 aromatic heterocycles. The molecule has 0 aliphatic heterocycles. The van der Waals surface area contributed by atoms with Crippen molar-refractivity contribution in [3.63, 3.8) is 0 Å². The van der Waals surface area contributed by atoms with Gasteiger partial charge in [-0.2, -0.15) is 0 Å². The molecular weight excluding hydrogens is 324 g/mol. The number of nitrogens with one attached hydrogen (secondary N) is 1. The molecule has 0 saturated carbocycles. The van der Waals surface area contributed by atoms with Gasteiger partial charge in [0, 0.05) is 24.4 Å². The first-order valence-electron chi connectivity index (χ1n) is 8.97. The monoisotopic (exact) mass is 348 g/mol. The second-order valence-corrected chi connectivity index (χ2v) is 6.66. The molecule has 0 spiro atoms. The molecule has 4 nitrogen and oxygen atoms in total. The molecule has 26 heavy (non-hydrogen) atoms. The second kappa shape index (κ2) is 7.56. The molecule has 0 saturated heterocycles. The summed E-state index contributed by atoms with van der Waals surface area (Å²) in [6.45, 7) is 6.40. The van der Waals surface area contributed by atoms with Gasteiger partial charge in [0.15, 0.2) is 5.78 Å². The average Bonchev–Trinajstić information content (AvgIpc) is 2.98. The molecule has 4 heteroatoms. The van der Waals surface area contributed by atoms with E-state index in [-0.39, 0.29) is 18.2 Å². The van der Waals surface area contributed by atoms with Gasteiger partial charge in [-0.15, -0.1) is 0 Å². The van der Waals surface area contributed by atoms with Crippen LogP contribution in [0.5, 0.6) is 0 Å². The van der Waals surface area contributed by atoms with Crippen molar-refractivity contribution < 1.29 is 9.59 Å². The Morgan fingerprint density at radius 1 is 1.00 bits per heavy atom. The van der Waals surface area contributed by atoms with Crippen LogP contribution in [0, 0.1) is 6.92 Å². The number of rotatable bonds is 6. The molecule has 1 heterocycles. The number of hydrogen-bond donors (Lipinski definition) is 1. The molecule has 1 amide bonds. The number of aryl methyl sites for hydroxylation is 1. The fourth-order valence-corrected chi connectivity index (χ4v) is 3.11. The van der Waals surface area contributed by atoms with Crippen LogP contribution in [0.3, 0.4) is 0 Å². The summed E-state index contributed by atoms with van der Waals surface area (Å²) in [5.41, 5.74) is 4.86. The molecule has 3 aromatic rings. The lowest BCUT2D eigenvalue weighted by Gasteiger charge is -2.10. The summed E-state index contributed by atoms with van der Waals surface area (Å²) >= 11 is 0. The van der Waals surface area contributed by atoms with Gasteiger partial charge in [-0.25, -0.2) is 0 Å². The number of carbonyl (C=O) groups excluding carboxylic acids is 2. The van der Waals surface area contributed by atoms with E-state index in [9.17, 15) is 9.59 Å². The standard InChI is InChI=1S/C22H24N2O2/c1-4-11-23-22(26)14-24-20(16(3)25)13-19-10-9-18(12-21(19)24)17-7-5-15(2)6-8-17/h5-10,12-13H,4,11,14H2,1-3H3,(H,23,26). The Bertz CT molecular complexity index is 952. The van der Waals surface area contributed by atoms with E-state index in [1.54, 1.807) is 0 Å². The Labute approximate surface area is 153 Å². The smallest absolute Gasteiger partial charge is 0.239 e. The lowest BCUT2D eigenvalue weighted by atomic mass is 10.0. The van der Waals surface area contributed by atoms with E-state index in [0.717, 1.165) is 28.5 Å². The van der Waals surface area contributed by atoms with Gasteiger partial charge in [0.05, 0.1) is 5.69 Å². The summed E-state index contributed by atoms with van der Waals surface area (Å²) < 4.78 is 1.82. The Morgan fingerprint density at radius 3 is 2.35 bits per heavy atom. The first-order chi connectivity index (χ1) is 12.5. The van der Waals surface area contributed by atoms with Gasteiger partial charge < -0.3 is 9.88 Å². The van der Waals surface area contributed by atoms with E-state index < -0.39 is 0 Å². The SMILES string of the molecule is CCCNC(=O)Cn1c(C(C)=O)cc2ccc(-c3ccc(C)cc3)cc21. The minimum absolute atomic E-state index is 0.0404. The van der Waals surface area contributed by atoms with Gasteiger partial charge in [-0.1, -0.05) is 48.9 Å². The van der Waals surface area contributed by atoms with Gasteiger partial charge in [0.1, 0.15) is 6.54 Å². The topological polar surface area (TPSA) is 51.1 Å². The number of hydrogen-bond acceptors (Lipinski definition) is 2. The lowest BCUT2D eigenvalue weighted by molar-refractivity contribution is -0.121. The van der Waals surface area contributed by atoms with Crippen molar-refractivity contribution in [3.8, 4) is 11.1 Å². The van der Waals surface area contributed by atoms with Crippen molar-refractivity contribution in [3.05, 3.63) is 59.8 Å². The summed E-state index contributed by atoms with van der Waals surface area (Å²) in [6, 6.07) is 16.3. The van der Waals surface area contributed by atoms with E-state index in [0.29, 0.717) is 12.2 Å². The van der Waals surface area contributed by atoms with Crippen LogP contribution < -0.4 is 5.32 Å². The Hall–Kier alpha value is -2.88. The summed E-state index contributed by atoms with van der Waals surface area (Å²) in [7, 11) is 0. The Balaban J connectivity index is 2.06. The lowest BCUT2D eigenvalue weighted by Crippen LogP contribution is -2.29. The number of Topliss-reactive ketones (excluding diaryl/α,β-unsaturated/α-hetero) is 1. The van der Waals surface area contributed by atoms with Crippen LogP contribution in [-0.2, 0) is 11.3 Å². The molecule has 1 N–H and O–H groups in total. The zero-order chi connectivity index (χ0) is 18.7. The molecule has 3 rings (SSSR count). The average molecular weight is 348 g/mol.